The Kier molecular flexibility index (Phi) is 11.6. The summed E-state index contributed by atoms with van der Waals surface area (Å²) in [7, 11) is -15.0. The Hall–Kier alpha value is -7.00. The molecule has 7 N–H and O–H groups in total. The molecule has 22 nitrogen and oxygen atoms in total. The third kappa shape index (κ3) is 9.64. The van der Waals surface area contributed by atoms with Crippen molar-refractivity contribution in [2.45, 2.75) is 14.7 Å². The maximum Gasteiger partial charge on any atom is 0.337 e. The van der Waals surface area contributed by atoms with Gasteiger partial charge in [0, 0.05) is 23.2 Å². The van der Waals surface area contributed by atoms with Crippen molar-refractivity contribution in [3.63, 3.8) is 0 Å². The van der Waals surface area contributed by atoms with E-state index in [4.69, 9.17) is 11.6 Å². The summed E-state index contributed by atoms with van der Waals surface area (Å²) in [4.78, 5) is 31.4. The van der Waals surface area contributed by atoms with Crippen LogP contribution in [0, 0.1) is 10.1 Å². The Morgan fingerprint density at radius 1 is 0.750 bits per heavy atom. The number of halogens is 1. The molecular weight excluding hydrogens is 876 g/mol. The van der Waals surface area contributed by atoms with Gasteiger partial charge in [0.2, 0.25) is 17.2 Å². The lowest BCUT2D eigenvalue weighted by Crippen LogP contribution is -2.08. The first-order valence-electron chi connectivity index (χ1n) is 16.1. The van der Waals surface area contributed by atoms with Crippen molar-refractivity contribution in [3.05, 3.63) is 117 Å². The second-order valence-corrected chi connectivity index (χ2v) is 16.5. The molecule has 0 aliphatic carbocycles. The van der Waals surface area contributed by atoms with Crippen molar-refractivity contribution in [1.29, 1.82) is 0 Å². The summed E-state index contributed by atoms with van der Waals surface area (Å²) in [6.07, 6.45) is 2.32. The number of nitro groups is 1. The third-order valence-electron chi connectivity index (χ3n) is 8.06. The fraction of sp³-hybridized carbons (Fsp3) is 0. The number of carboxylic acid groups (broad SMARTS) is 1. The van der Waals surface area contributed by atoms with Gasteiger partial charge in [-0.3, -0.25) is 23.8 Å². The van der Waals surface area contributed by atoms with Crippen molar-refractivity contribution in [3.8, 4) is 5.75 Å². The highest BCUT2D eigenvalue weighted by Crippen LogP contribution is 2.42. The van der Waals surface area contributed by atoms with E-state index in [1.807, 2.05) is 0 Å². The molecule has 6 aromatic rings. The number of nitro benzene ring substituents is 1. The van der Waals surface area contributed by atoms with E-state index in [2.05, 4.69) is 35.8 Å². The number of phenols is 1. The number of nitrogens with zero attached hydrogens (tertiary/aromatic N) is 6. The van der Waals surface area contributed by atoms with Gasteiger partial charge in [0.25, 0.3) is 36.0 Å². The first-order chi connectivity index (χ1) is 28.1. The van der Waals surface area contributed by atoms with Crippen LogP contribution in [-0.4, -0.2) is 75.0 Å². The van der Waals surface area contributed by atoms with E-state index in [0.29, 0.717) is 6.07 Å². The van der Waals surface area contributed by atoms with Crippen LogP contribution in [0.2, 0.25) is 5.28 Å². The Bertz CT molecular complexity index is 3190. The summed E-state index contributed by atoms with van der Waals surface area (Å²) in [6.45, 7) is 0. The highest BCUT2D eigenvalue weighted by Gasteiger charge is 2.24. The predicted molar refractivity (Wildman–Crippen MR) is 213 cm³/mol. The number of aromatic carboxylic acids is 1. The molecule has 26 heteroatoms. The van der Waals surface area contributed by atoms with Crippen LogP contribution in [0.15, 0.2) is 110 Å². The van der Waals surface area contributed by atoms with Crippen LogP contribution in [0.25, 0.3) is 22.9 Å². The number of azo groups is 1. The van der Waals surface area contributed by atoms with E-state index >= 15 is 0 Å². The Morgan fingerprint density at radius 2 is 1.42 bits per heavy atom. The standard InChI is InChI=1S/C34H23ClN8O14S3/c35-32-38-33(36-20-9-11-22-19(14-20)15-28(60(55,56)57)29(30(22)44)42-41-24-4-2-1-3-23(24)31(45)46)40-34(39-32)37-25-12-6-17(13-27(25)59(52,53)54)5-7-18-8-10-21(43(47)48)16-26(18)58(49,50)51/h1-16,44H,(H,45,46)(H,49,50,51)(H,52,53,54)(H,55,56,57)(H2,36,37,38,39,40). The number of hydrogen-bond acceptors (Lipinski definition) is 17. The van der Waals surface area contributed by atoms with Crippen LogP contribution in [0.3, 0.4) is 0 Å². The molecule has 0 unspecified atom stereocenters. The number of carbonyl (C=O) groups is 1. The van der Waals surface area contributed by atoms with E-state index in [0.717, 1.165) is 30.3 Å². The fourth-order valence-electron chi connectivity index (χ4n) is 5.42. The summed E-state index contributed by atoms with van der Waals surface area (Å²) < 4.78 is 103. The minimum atomic E-state index is -5.06. The second-order valence-electron chi connectivity index (χ2n) is 12.0. The first-order valence-corrected chi connectivity index (χ1v) is 20.8. The Labute approximate surface area is 342 Å². The molecule has 0 saturated heterocycles. The number of non-ortho nitro benzene ring substituents is 1. The van der Waals surface area contributed by atoms with Crippen LogP contribution < -0.4 is 10.6 Å². The predicted octanol–water partition coefficient (Wildman–Crippen LogP) is 6.80. The van der Waals surface area contributed by atoms with Gasteiger partial charge in [0.1, 0.15) is 26.1 Å². The molecule has 1 aromatic heterocycles. The lowest BCUT2D eigenvalue weighted by Gasteiger charge is -2.13. The van der Waals surface area contributed by atoms with Crippen molar-refractivity contribution >= 4 is 111 Å². The van der Waals surface area contributed by atoms with E-state index < -0.39 is 78.3 Å². The molecule has 0 fully saturated rings. The minimum Gasteiger partial charge on any atom is -0.505 e. The molecule has 308 valence electrons. The molecule has 0 aliphatic heterocycles. The van der Waals surface area contributed by atoms with Crippen molar-refractivity contribution in [2.24, 2.45) is 10.2 Å². The van der Waals surface area contributed by atoms with Gasteiger partial charge >= 0.3 is 5.97 Å². The number of benzene rings is 5. The van der Waals surface area contributed by atoms with E-state index in [1.54, 1.807) is 0 Å². The lowest BCUT2D eigenvalue weighted by molar-refractivity contribution is -0.385. The maximum atomic E-state index is 12.4. The van der Waals surface area contributed by atoms with Crippen molar-refractivity contribution in [2.75, 3.05) is 10.6 Å². The average Bonchev–Trinajstić information content (AvgIpc) is 3.15. The molecule has 0 atom stereocenters. The molecule has 0 spiro atoms. The van der Waals surface area contributed by atoms with E-state index in [-0.39, 0.29) is 56.4 Å². The number of aromatic hydroxyl groups is 1. The number of rotatable bonds is 13. The van der Waals surface area contributed by atoms with Crippen LogP contribution in [0.5, 0.6) is 5.75 Å². The van der Waals surface area contributed by atoms with Crippen molar-refractivity contribution < 1.29 is 58.8 Å². The smallest absolute Gasteiger partial charge is 0.337 e. The lowest BCUT2D eigenvalue weighted by atomic mass is 10.1. The Balaban J connectivity index is 1.30. The molecule has 0 radical (unpaired) electrons. The van der Waals surface area contributed by atoms with Crippen molar-refractivity contribution in [1.82, 2.24) is 15.0 Å². The van der Waals surface area contributed by atoms with Gasteiger partial charge in [-0.1, -0.05) is 30.4 Å². The normalized spacial score (nSPS) is 12.3. The number of hydrogen-bond donors (Lipinski definition) is 7. The summed E-state index contributed by atoms with van der Waals surface area (Å²) in [6, 6.07) is 16.5. The molecule has 1 heterocycles. The molecule has 0 aliphatic rings. The quantitative estimate of drug-likeness (QED) is 0.0206. The average molecular weight is 899 g/mol. The highest BCUT2D eigenvalue weighted by atomic mass is 35.5. The number of carboxylic acids is 1. The fourth-order valence-corrected chi connectivity index (χ4v) is 7.63. The number of fused-ring (bicyclic) bond motifs is 1. The number of phenolic OH excluding ortho intramolecular Hbond substituents is 1. The molecule has 0 amide bonds. The maximum absolute atomic E-state index is 12.4. The first kappa shape index (κ1) is 42.6. The molecule has 0 saturated carbocycles. The van der Waals surface area contributed by atoms with Gasteiger partial charge in [0.15, 0.2) is 5.75 Å². The van der Waals surface area contributed by atoms with Crippen LogP contribution >= 0.6 is 11.6 Å². The van der Waals surface area contributed by atoms with Crippen LogP contribution in [-0.2, 0) is 30.4 Å². The number of nitrogens with one attached hydrogen (secondary N) is 2. The minimum absolute atomic E-state index is 0.0205. The Morgan fingerprint density at radius 3 is 2.07 bits per heavy atom. The van der Waals surface area contributed by atoms with Crippen LogP contribution in [0.1, 0.15) is 21.5 Å². The topological polar surface area (TPSA) is 351 Å². The van der Waals surface area contributed by atoms with Gasteiger partial charge < -0.3 is 20.8 Å². The number of aromatic nitrogens is 3. The van der Waals surface area contributed by atoms with Gasteiger partial charge in [0.05, 0.1) is 16.2 Å². The molecule has 60 heavy (non-hydrogen) atoms. The zero-order valence-corrected chi connectivity index (χ0v) is 32.6. The number of anilines is 4. The summed E-state index contributed by atoms with van der Waals surface area (Å²) >= 11 is 6.12. The van der Waals surface area contributed by atoms with Gasteiger partial charge in [-0.25, -0.2) is 4.79 Å². The van der Waals surface area contributed by atoms with Crippen LogP contribution in [0.4, 0.5) is 40.3 Å². The monoisotopic (exact) mass is 898 g/mol. The summed E-state index contributed by atoms with van der Waals surface area (Å²) in [5.41, 5.74) is -1.99. The third-order valence-corrected chi connectivity index (χ3v) is 10.9. The summed E-state index contributed by atoms with van der Waals surface area (Å²) in [5.74, 6) is -2.70. The van der Waals surface area contributed by atoms with Gasteiger partial charge in [-0.15, -0.1) is 10.2 Å². The zero-order chi connectivity index (χ0) is 43.7. The van der Waals surface area contributed by atoms with E-state index in [1.165, 1.54) is 60.7 Å². The van der Waals surface area contributed by atoms with E-state index in [9.17, 15) is 64.0 Å². The molecule has 6 rings (SSSR count). The molecule has 5 aromatic carbocycles. The van der Waals surface area contributed by atoms with Gasteiger partial charge in [-0.2, -0.15) is 40.2 Å². The summed E-state index contributed by atoms with van der Waals surface area (Å²) in [5, 5.41) is 44.1. The second kappa shape index (κ2) is 16.3. The van der Waals surface area contributed by atoms with Gasteiger partial charge in [-0.05, 0) is 82.7 Å². The molecular formula is C34H23ClN8O14S3. The highest BCUT2D eigenvalue weighted by molar-refractivity contribution is 7.86. The molecule has 0 bridgehead atoms. The SMILES string of the molecule is O=C(O)c1ccccc1N=Nc1c(S(=O)(=O)O)cc2cc(Nc3nc(Cl)nc(Nc4ccc(C=Cc5ccc([N+](=O)[O-])cc5S(=O)(=O)O)cc4S(=O)(=O)O)n3)ccc2c1O. The largest absolute Gasteiger partial charge is 0.505 e. The zero-order valence-electron chi connectivity index (χ0n) is 29.4.